The Bertz CT molecular complexity index is 494. The van der Waals surface area contributed by atoms with Crippen LogP contribution in [0.15, 0.2) is 24.3 Å². The maximum Gasteiger partial charge on any atom is 0.245 e. The van der Waals surface area contributed by atoms with Crippen molar-refractivity contribution < 1.29 is 14.3 Å². The maximum absolute atomic E-state index is 10.5. The predicted molar refractivity (Wildman–Crippen MR) is 55.4 cm³/mol. The zero-order valence-corrected chi connectivity index (χ0v) is 8.25. The third-order valence-corrected chi connectivity index (χ3v) is 1.86. The molecule has 0 N–H and O–H groups in total. The smallest absolute Gasteiger partial charge is 0.245 e. The molecule has 0 aromatic heterocycles. The van der Waals surface area contributed by atoms with Gasteiger partial charge in [-0.05, 0) is 35.4 Å². The molecule has 0 spiro atoms. The Morgan fingerprint density at radius 3 is 2.73 bits per heavy atom. The highest BCUT2D eigenvalue weighted by Gasteiger charge is 2.08. The van der Waals surface area contributed by atoms with Crippen LogP contribution >= 0.6 is 11.6 Å². The standard InChI is InChI=1S/C11H5ClO3/c12-11(13)4-2-8-1-3-9-10(7-8)15-6-5-14-9/h1-4,7H/b4-2+. The van der Waals surface area contributed by atoms with Gasteiger partial charge in [-0.3, -0.25) is 4.79 Å². The van der Waals surface area contributed by atoms with E-state index >= 15 is 0 Å². The lowest BCUT2D eigenvalue weighted by molar-refractivity contribution is -0.107. The molecule has 2 rings (SSSR count). The summed E-state index contributed by atoms with van der Waals surface area (Å²) in [7, 11) is 0. The maximum atomic E-state index is 10.5. The molecule has 0 radical (unpaired) electrons. The molecule has 0 saturated heterocycles. The molecular weight excluding hydrogens is 216 g/mol. The minimum absolute atomic E-state index is 0.523. The Balaban J connectivity index is 2.28. The minimum Gasteiger partial charge on any atom is -0.401 e. The second-order valence-corrected chi connectivity index (χ2v) is 3.12. The van der Waals surface area contributed by atoms with E-state index in [1.165, 1.54) is 6.08 Å². The monoisotopic (exact) mass is 220 g/mol. The lowest BCUT2D eigenvalue weighted by atomic mass is 10.2. The number of carbonyl (C=O) groups is 1. The molecule has 1 aromatic rings. The fourth-order valence-electron chi connectivity index (χ4n) is 1.11. The van der Waals surface area contributed by atoms with Crippen molar-refractivity contribution in [3.05, 3.63) is 29.8 Å². The van der Waals surface area contributed by atoms with Crippen molar-refractivity contribution in [2.75, 3.05) is 0 Å². The summed E-state index contributed by atoms with van der Waals surface area (Å²) in [5, 5.41) is -0.523. The molecule has 1 aliphatic heterocycles. The largest absolute Gasteiger partial charge is 0.401 e. The van der Waals surface area contributed by atoms with Gasteiger partial charge in [0.2, 0.25) is 5.24 Å². The summed E-state index contributed by atoms with van der Waals surface area (Å²) in [5.74, 6) is 1.08. The Kier molecular flexibility index (Phi) is 2.61. The Morgan fingerprint density at radius 1 is 1.27 bits per heavy atom. The first-order valence-electron chi connectivity index (χ1n) is 4.11. The molecule has 15 heavy (non-hydrogen) atoms. The van der Waals surface area contributed by atoms with E-state index in [0.29, 0.717) is 11.5 Å². The lowest BCUT2D eigenvalue weighted by Crippen LogP contribution is -1.96. The van der Waals surface area contributed by atoms with Gasteiger partial charge >= 0.3 is 0 Å². The van der Waals surface area contributed by atoms with Crippen LogP contribution in [0.2, 0.25) is 0 Å². The van der Waals surface area contributed by atoms with Crippen molar-refractivity contribution in [3.8, 4) is 23.7 Å². The van der Waals surface area contributed by atoms with E-state index in [9.17, 15) is 4.79 Å². The molecule has 0 fully saturated rings. The summed E-state index contributed by atoms with van der Waals surface area (Å²) in [6.07, 6.45) is 7.54. The molecule has 1 aliphatic rings. The van der Waals surface area contributed by atoms with Gasteiger partial charge in [0.1, 0.15) is 0 Å². The molecule has 4 heteroatoms. The number of hydrogen-bond acceptors (Lipinski definition) is 3. The number of halogens is 1. The summed E-state index contributed by atoms with van der Waals surface area (Å²) in [6, 6.07) is 5.19. The number of ether oxygens (including phenoxy) is 2. The van der Waals surface area contributed by atoms with Gasteiger partial charge in [-0.15, -0.1) is 0 Å². The van der Waals surface area contributed by atoms with Crippen molar-refractivity contribution in [2.45, 2.75) is 0 Å². The van der Waals surface area contributed by atoms with Crippen LogP contribution in [-0.2, 0) is 4.79 Å². The SMILES string of the molecule is O=C(Cl)/C=C/c1ccc2c(c1)OC#CO2. The van der Waals surface area contributed by atoms with Crippen molar-refractivity contribution >= 4 is 22.9 Å². The fraction of sp³-hybridized carbons (Fsp3) is 0. The normalized spacial score (nSPS) is 12.1. The van der Waals surface area contributed by atoms with Crippen LogP contribution in [0.1, 0.15) is 5.56 Å². The third kappa shape index (κ3) is 2.30. The van der Waals surface area contributed by atoms with Crippen LogP contribution in [0.4, 0.5) is 0 Å². The molecule has 0 saturated carbocycles. The van der Waals surface area contributed by atoms with Gasteiger partial charge in [0.25, 0.3) is 0 Å². The van der Waals surface area contributed by atoms with Crippen molar-refractivity contribution in [2.24, 2.45) is 0 Å². The van der Waals surface area contributed by atoms with Gasteiger partial charge in [0, 0.05) is 0 Å². The first-order valence-corrected chi connectivity index (χ1v) is 4.49. The number of benzene rings is 1. The van der Waals surface area contributed by atoms with Crippen molar-refractivity contribution in [1.29, 1.82) is 0 Å². The van der Waals surface area contributed by atoms with Crippen molar-refractivity contribution in [1.82, 2.24) is 0 Å². The Morgan fingerprint density at radius 2 is 2.00 bits per heavy atom. The second kappa shape index (κ2) is 4.07. The number of carbonyl (C=O) groups excluding carboxylic acids is 1. The summed E-state index contributed by atoms with van der Waals surface area (Å²) >= 11 is 5.17. The van der Waals surface area contributed by atoms with E-state index < -0.39 is 5.24 Å². The average Bonchev–Trinajstić information content (AvgIpc) is 2.26. The number of hydrogen-bond donors (Lipinski definition) is 0. The number of allylic oxidation sites excluding steroid dienone is 1. The van der Waals surface area contributed by atoms with Gasteiger partial charge in [-0.25, -0.2) is 0 Å². The molecular formula is C11H5ClO3. The number of fused-ring (bicyclic) bond motifs is 1. The summed E-state index contributed by atoms with van der Waals surface area (Å²) < 4.78 is 10.0. The molecule has 0 bridgehead atoms. The highest BCUT2D eigenvalue weighted by atomic mass is 35.5. The van der Waals surface area contributed by atoms with Gasteiger partial charge in [-0.1, -0.05) is 12.1 Å². The Hall–Kier alpha value is -1.92. The first-order chi connectivity index (χ1) is 7.25. The van der Waals surface area contributed by atoms with Crippen LogP contribution in [0.5, 0.6) is 11.5 Å². The average molecular weight is 221 g/mol. The molecule has 0 aliphatic carbocycles. The summed E-state index contributed by atoms with van der Waals surface area (Å²) in [6.45, 7) is 0. The van der Waals surface area contributed by atoms with Crippen molar-refractivity contribution in [3.63, 3.8) is 0 Å². The van der Waals surface area contributed by atoms with E-state index in [4.69, 9.17) is 21.1 Å². The van der Waals surface area contributed by atoms with Crippen LogP contribution in [0.25, 0.3) is 6.08 Å². The van der Waals surface area contributed by atoms with Crippen LogP contribution < -0.4 is 9.47 Å². The second-order valence-electron chi connectivity index (χ2n) is 2.75. The molecule has 0 amide bonds. The van der Waals surface area contributed by atoms with Crippen LogP contribution in [0.3, 0.4) is 0 Å². The molecule has 1 heterocycles. The van der Waals surface area contributed by atoms with E-state index in [1.54, 1.807) is 24.3 Å². The molecule has 0 atom stereocenters. The Labute approximate surface area is 91.3 Å². The minimum atomic E-state index is -0.523. The quantitative estimate of drug-likeness (QED) is 0.435. The first kappa shape index (κ1) is 9.63. The van der Waals surface area contributed by atoms with Crippen LogP contribution in [0, 0.1) is 12.2 Å². The van der Waals surface area contributed by atoms with E-state index in [0.717, 1.165) is 5.56 Å². The molecule has 3 nitrogen and oxygen atoms in total. The third-order valence-electron chi connectivity index (χ3n) is 1.74. The van der Waals surface area contributed by atoms with Gasteiger partial charge in [0.15, 0.2) is 23.7 Å². The molecule has 0 unspecified atom stereocenters. The van der Waals surface area contributed by atoms with Crippen LogP contribution in [-0.4, -0.2) is 5.24 Å². The summed E-state index contributed by atoms with van der Waals surface area (Å²) in [5.41, 5.74) is 0.787. The predicted octanol–water partition coefficient (Wildman–Crippen LogP) is 2.15. The highest BCUT2D eigenvalue weighted by molar-refractivity contribution is 6.66. The van der Waals surface area contributed by atoms with Gasteiger partial charge in [-0.2, -0.15) is 0 Å². The van der Waals surface area contributed by atoms with E-state index in [1.807, 2.05) is 0 Å². The molecule has 74 valence electrons. The van der Waals surface area contributed by atoms with Gasteiger partial charge < -0.3 is 9.47 Å². The van der Waals surface area contributed by atoms with Gasteiger partial charge in [0.05, 0.1) is 0 Å². The highest BCUT2D eigenvalue weighted by Crippen LogP contribution is 2.29. The van der Waals surface area contributed by atoms with E-state index in [-0.39, 0.29) is 0 Å². The topological polar surface area (TPSA) is 35.5 Å². The fourth-order valence-corrected chi connectivity index (χ4v) is 1.17. The zero-order valence-electron chi connectivity index (χ0n) is 7.49. The number of rotatable bonds is 2. The zero-order chi connectivity index (χ0) is 10.7. The molecule has 1 aromatic carbocycles. The summed E-state index contributed by atoms with van der Waals surface area (Å²) in [4.78, 5) is 10.5. The lowest BCUT2D eigenvalue weighted by Gasteiger charge is -2.07. The van der Waals surface area contributed by atoms with E-state index in [2.05, 4.69) is 12.2 Å².